The van der Waals surface area contributed by atoms with E-state index in [0.717, 1.165) is 28.8 Å². The fourth-order valence-corrected chi connectivity index (χ4v) is 2.92. The molecular formula is C16H24ClNO. The first-order chi connectivity index (χ1) is 9.16. The summed E-state index contributed by atoms with van der Waals surface area (Å²) in [5.74, 6) is 1.69. The van der Waals surface area contributed by atoms with Crippen molar-refractivity contribution in [3.05, 3.63) is 28.8 Å². The quantitative estimate of drug-likeness (QED) is 0.817. The first kappa shape index (κ1) is 14.7. The van der Waals surface area contributed by atoms with E-state index >= 15 is 0 Å². The van der Waals surface area contributed by atoms with E-state index in [-0.39, 0.29) is 0 Å². The van der Waals surface area contributed by atoms with Gasteiger partial charge < -0.3 is 10.1 Å². The Morgan fingerprint density at radius 1 is 1.32 bits per heavy atom. The molecule has 2 atom stereocenters. The Balaban J connectivity index is 1.73. The standard InChI is InChI=1S/C16H24ClNO/c1-12-5-3-4-6-15(12)18-9-10-19-16-11-14(17)8-7-13(16)2/h7-8,11-12,15,18H,3-6,9-10H2,1-2H3. The minimum atomic E-state index is 0.665. The van der Waals surface area contributed by atoms with Crippen molar-refractivity contribution in [2.75, 3.05) is 13.2 Å². The van der Waals surface area contributed by atoms with Gasteiger partial charge in [0.05, 0.1) is 0 Å². The van der Waals surface area contributed by atoms with Gasteiger partial charge in [-0.2, -0.15) is 0 Å². The minimum Gasteiger partial charge on any atom is -0.492 e. The molecule has 0 spiro atoms. The second kappa shape index (κ2) is 7.16. The molecular weight excluding hydrogens is 258 g/mol. The van der Waals surface area contributed by atoms with Gasteiger partial charge >= 0.3 is 0 Å². The highest BCUT2D eigenvalue weighted by atomic mass is 35.5. The lowest BCUT2D eigenvalue weighted by molar-refractivity contribution is 0.250. The first-order valence-corrected chi connectivity index (χ1v) is 7.67. The van der Waals surface area contributed by atoms with Crippen LogP contribution in [0.15, 0.2) is 18.2 Å². The average molecular weight is 282 g/mol. The van der Waals surface area contributed by atoms with Crippen molar-refractivity contribution < 1.29 is 4.74 Å². The van der Waals surface area contributed by atoms with Crippen LogP contribution in [0.1, 0.15) is 38.2 Å². The summed E-state index contributed by atoms with van der Waals surface area (Å²) >= 11 is 5.97. The summed E-state index contributed by atoms with van der Waals surface area (Å²) in [5, 5.41) is 4.35. The number of ether oxygens (including phenoxy) is 1. The van der Waals surface area contributed by atoms with Gasteiger partial charge in [0.2, 0.25) is 0 Å². The van der Waals surface area contributed by atoms with Crippen molar-refractivity contribution >= 4 is 11.6 Å². The van der Waals surface area contributed by atoms with Crippen LogP contribution < -0.4 is 10.1 Å². The lowest BCUT2D eigenvalue weighted by Gasteiger charge is -2.29. The molecule has 1 saturated carbocycles. The van der Waals surface area contributed by atoms with Gasteiger partial charge in [-0.15, -0.1) is 0 Å². The molecule has 1 fully saturated rings. The van der Waals surface area contributed by atoms with E-state index in [1.54, 1.807) is 0 Å². The van der Waals surface area contributed by atoms with Crippen molar-refractivity contribution in [3.63, 3.8) is 0 Å². The van der Waals surface area contributed by atoms with Crippen LogP contribution in [0.2, 0.25) is 5.02 Å². The number of benzene rings is 1. The van der Waals surface area contributed by atoms with Crippen molar-refractivity contribution in [2.45, 2.75) is 45.6 Å². The molecule has 0 heterocycles. The Labute approximate surface area is 121 Å². The van der Waals surface area contributed by atoms with Crippen LogP contribution in [0.4, 0.5) is 0 Å². The molecule has 0 amide bonds. The molecule has 0 aliphatic heterocycles. The van der Waals surface area contributed by atoms with Crippen molar-refractivity contribution in [2.24, 2.45) is 5.92 Å². The predicted octanol–water partition coefficient (Wildman–Crippen LogP) is 4.20. The topological polar surface area (TPSA) is 21.3 Å². The summed E-state index contributed by atoms with van der Waals surface area (Å²) in [6.07, 6.45) is 5.40. The van der Waals surface area contributed by atoms with Gasteiger partial charge in [-0.1, -0.05) is 37.4 Å². The Kier molecular flexibility index (Phi) is 5.53. The largest absolute Gasteiger partial charge is 0.492 e. The van der Waals surface area contributed by atoms with Gasteiger partial charge in [0.25, 0.3) is 0 Å². The molecule has 0 saturated heterocycles. The zero-order valence-electron chi connectivity index (χ0n) is 11.9. The molecule has 2 unspecified atom stereocenters. The fourth-order valence-electron chi connectivity index (χ4n) is 2.75. The average Bonchev–Trinajstić information content (AvgIpc) is 2.40. The van der Waals surface area contributed by atoms with Crippen molar-refractivity contribution in [1.29, 1.82) is 0 Å². The van der Waals surface area contributed by atoms with E-state index in [9.17, 15) is 0 Å². The Bertz CT molecular complexity index is 408. The van der Waals surface area contributed by atoms with Gasteiger partial charge in [-0.05, 0) is 43.4 Å². The number of nitrogens with one attached hydrogen (secondary N) is 1. The molecule has 1 N–H and O–H groups in total. The smallest absolute Gasteiger partial charge is 0.123 e. The van der Waals surface area contributed by atoms with Gasteiger partial charge in [-0.3, -0.25) is 0 Å². The van der Waals surface area contributed by atoms with Crippen LogP contribution >= 0.6 is 11.6 Å². The van der Waals surface area contributed by atoms with Gasteiger partial charge in [-0.25, -0.2) is 0 Å². The monoisotopic (exact) mass is 281 g/mol. The maximum Gasteiger partial charge on any atom is 0.123 e. The van der Waals surface area contributed by atoms with Gasteiger partial charge in [0.1, 0.15) is 12.4 Å². The van der Waals surface area contributed by atoms with Crippen molar-refractivity contribution in [1.82, 2.24) is 5.32 Å². The molecule has 1 aromatic carbocycles. The lowest BCUT2D eigenvalue weighted by atomic mass is 9.86. The van der Waals surface area contributed by atoms with Gasteiger partial charge in [0, 0.05) is 17.6 Å². The summed E-state index contributed by atoms with van der Waals surface area (Å²) in [6, 6.07) is 6.44. The molecule has 0 bridgehead atoms. The molecule has 3 heteroatoms. The van der Waals surface area contributed by atoms with E-state index in [0.29, 0.717) is 12.6 Å². The Hall–Kier alpha value is -0.730. The maximum atomic E-state index is 5.97. The molecule has 106 valence electrons. The third-order valence-electron chi connectivity index (χ3n) is 4.03. The SMILES string of the molecule is Cc1ccc(Cl)cc1OCCNC1CCCCC1C. The molecule has 0 radical (unpaired) electrons. The van der Waals surface area contributed by atoms with Crippen LogP contribution in [-0.2, 0) is 0 Å². The molecule has 2 nitrogen and oxygen atoms in total. The second-order valence-corrected chi connectivity index (χ2v) is 6.02. The molecule has 19 heavy (non-hydrogen) atoms. The summed E-state index contributed by atoms with van der Waals surface area (Å²) in [5.41, 5.74) is 1.13. The zero-order valence-corrected chi connectivity index (χ0v) is 12.7. The van der Waals surface area contributed by atoms with E-state index in [2.05, 4.69) is 12.2 Å². The third-order valence-corrected chi connectivity index (χ3v) is 4.26. The van der Waals surface area contributed by atoms with Crippen LogP contribution in [0.5, 0.6) is 5.75 Å². The van der Waals surface area contributed by atoms with Crippen molar-refractivity contribution in [3.8, 4) is 5.75 Å². The molecule has 1 aromatic rings. The first-order valence-electron chi connectivity index (χ1n) is 7.29. The molecule has 1 aliphatic rings. The number of aryl methyl sites for hydroxylation is 1. The minimum absolute atomic E-state index is 0.665. The Morgan fingerprint density at radius 2 is 2.11 bits per heavy atom. The second-order valence-electron chi connectivity index (χ2n) is 5.58. The lowest BCUT2D eigenvalue weighted by Crippen LogP contribution is -2.39. The zero-order chi connectivity index (χ0) is 13.7. The number of halogens is 1. The van der Waals surface area contributed by atoms with Crippen LogP contribution in [-0.4, -0.2) is 19.2 Å². The number of hydrogen-bond donors (Lipinski definition) is 1. The van der Waals surface area contributed by atoms with E-state index in [1.807, 2.05) is 25.1 Å². The predicted molar refractivity (Wildman–Crippen MR) is 81.1 cm³/mol. The summed E-state index contributed by atoms with van der Waals surface area (Å²) in [6.45, 7) is 5.99. The van der Waals surface area contributed by atoms with E-state index < -0.39 is 0 Å². The molecule has 0 aromatic heterocycles. The fraction of sp³-hybridized carbons (Fsp3) is 0.625. The van der Waals surface area contributed by atoms with Gasteiger partial charge in [0.15, 0.2) is 0 Å². The van der Waals surface area contributed by atoms with E-state index in [4.69, 9.17) is 16.3 Å². The highest BCUT2D eigenvalue weighted by molar-refractivity contribution is 6.30. The number of rotatable bonds is 5. The number of hydrogen-bond acceptors (Lipinski definition) is 2. The van der Waals surface area contributed by atoms with Crippen LogP contribution in [0.3, 0.4) is 0 Å². The highest BCUT2D eigenvalue weighted by Crippen LogP contribution is 2.24. The van der Waals surface area contributed by atoms with E-state index in [1.165, 1.54) is 25.7 Å². The summed E-state index contributed by atoms with van der Waals surface area (Å²) < 4.78 is 5.80. The molecule has 2 rings (SSSR count). The van der Waals surface area contributed by atoms with Crippen LogP contribution in [0, 0.1) is 12.8 Å². The molecule has 1 aliphatic carbocycles. The highest BCUT2D eigenvalue weighted by Gasteiger charge is 2.20. The Morgan fingerprint density at radius 3 is 2.89 bits per heavy atom. The summed E-state index contributed by atoms with van der Waals surface area (Å²) in [7, 11) is 0. The van der Waals surface area contributed by atoms with Crippen LogP contribution in [0.25, 0.3) is 0 Å². The maximum absolute atomic E-state index is 5.97. The normalized spacial score (nSPS) is 23.3. The summed E-state index contributed by atoms with van der Waals surface area (Å²) in [4.78, 5) is 0. The third kappa shape index (κ3) is 4.39.